The molecule has 3 aromatic rings. The standard InChI is InChI=1S/C21H24ClN5O/c1-14-12-15(2)27(25-14)19-11-10-18(22)20(24-19)21(28)23-13-16(3)26(4)17-8-6-5-7-9-17/h5-12,16H,13H2,1-4H3,(H,23,28). The molecule has 0 aliphatic carbocycles. The molecule has 0 radical (unpaired) electrons. The van der Waals surface area contributed by atoms with Gasteiger partial charge in [-0.3, -0.25) is 4.79 Å². The molecule has 0 bridgehead atoms. The van der Waals surface area contributed by atoms with E-state index < -0.39 is 0 Å². The Bertz CT molecular complexity index is 970. The van der Waals surface area contributed by atoms with Crippen LogP contribution in [0.2, 0.25) is 5.02 Å². The summed E-state index contributed by atoms with van der Waals surface area (Å²) in [5.41, 5.74) is 3.11. The highest BCUT2D eigenvalue weighted by Gasteiger charge is 2.17. The van der Waals surface area contributed by atoms with Gasteiger partial charge in [0.15, 0.2) is 5.82 Å². The molecule has 0 spiro atoms. The fourth-order valence-corrected chi connectivity index (χ4v) is 3.14. The van der Waals surface area contributed by atoms with E-state index in [-0.39, 0.29) is 17.6 Å². The molecule has 3 rings (SSSR count). The van der Waals surface area contributed by atoms with Crippen LogP contribution in [0.1, 0.15) is 28.8 Å². The van der Waals surface area contributed by atoms with Gasteiger partial charge in [-0.15, -0.1) is 0 Å². The average molecular weight is 398 g/mol. The maximum absolute atomic E-state index is 12.7. The number of likely N-dealkylation sites (N-methyl/N-ethyl adjacent to an activating group) is 1. The number of nitrogens with one attached hydrogen (secondary N) is 1. The Hall–Kier alpha value is -2.86. The first kappa shape index (κ1) is 19.9. The number of pyridine rings is 1. The van der Waals surface area contributed by atoms with E-state index in [1.807, 2.05) is 57.3 Å². The lowest BCUT2D eigenvalue weighted by molar-refractivity contribution is 0.0946. The Kier molecular flexibility index (Phi) is 5.99. The minimum Gasteiger partial charge on any atom is -0.370 e. The van der Waals surface area contributed by atoms with Crippen molar-refractivity contribution in [1.82, 2.24) is 20.1 Å². The highest BCUT2D eigenvalue weighted by Crippen LogP contribution is 2.18. The van der Waals surface area contributed by atoms with Crippen LogP contribution in [0.4, 0.5) is 5.69 Å². The summed E-state index contributed by atoms with van der Waals surface area (Å²) in [6, 6.07) is 15.5. The van der Waals surface area contributed by atoms with Crippen LogP contribution in [-0.4, -0.2) is 40.3 Å². The molecular weight excluding hydrogens is 374 g/mol. The molecular formula is C21H24ClN5O. The van der Waals surface area contributed by atoms with E-state index in [2.05, 4.69) is 27.2 Å². The molecule has 1 aromatic carbocycles. The van der Waals surface area contributed by atoms with Crippen LogP contribution in [0, 0.1) is 13.8 Å². The number of hydrogen-bond donors (Lipinski definition) is 1. The summed E-state index contributed by atoms with van der Waals surface area (Å²) in [5, 5.41) is 7.66. The molecule has 1 amide bonds. The van der Waals surface area contributed by atoms with Gasteiger partial charge in [-0.1, -0.05) is 29.8 Å². The zero-order valence-corrected chi connectivity index (χ0v) is 17.2. The minimum absolute atomic E-state index is 0.101. The second-order valence-electron chi connectivity index (χ2n) is 6.84. The third-order valence-electron chi connectivity index (χ3n) is 4.66. The number of nitrogens with zero attached hydrogens (tertiary/aromatic N) is 4. The maximum Gasteiger partial charge on any atom is 0.271 e. The molecule has 0 aliphatic rings. The minimum atomic E-state index is -0.304. The first-order valence-electron chi connectivity index (χ1n) is 9.13. The number of para-hydroxylation sites is 1. The number of anilines is 1. The average Bonchev–Trinajstić information content (AvgIpc) is 3.04. The third-order valence-corrected chi connectivity index (χ3v) is 4.96. The maximum atomic E-state index is 12.7. The van der Waals surface area contributed by atoms with Gasteiger partial charge in [-0.25, -0.2) is 9.67 Å². The summed E-state index contributed by atoms with van der Waals surface area (Å²) in [6.07, 6.45) is 0. The van der Waals surface area contributed by atoms with E-state index in [1.165, 1.54) is 0 Å². The van der Waals surface area contributed by atoms with E-state index in [4.69, 9.17) is 11.6 Å². The van der Waals surface area contributed by atoms with E-state index in [1.54, 1.807) is 16.8 Å². The van der Waals surface area contributed by atoms with Gasteiger partial charge in [0.25, 0.3) is 5.91 Å². The molecule has 0 saturated heterocycles. The van der Waals surface area contributed by atoms with Crippen molar-refractivity contribution in [1.29, 1.82) is 0 Å². The molecule has 1 atom stereocenters. The molecule has 28 heavy (non-hydrogen) atoms. The van der Waals surface area contributed by atoms with Crippen LogP contribution in [0.25, 0.3) is 5.82 Å². The SMILES string of the molecule is Cc1cc(C)n(-c2ccc(Cl)c(C(=O)NCC(C)N(C)c3ccccc3)n2)n1. The van der Waals surface area contributed by atoms with Gasteiger partial charge < -0.3 is 10.2 Å². The van der Waals surface area contributed by atoms with Crippen molar-refractivity contribution < 1.29 is 4.79 Å². The van der Waals surface area contributed by atoms with Crippen LogP contribution in [0.15, 0.2) is 48.5 Å². The van der Waals surface area contributed by atoms with E-state index in [9.17, 15) is 4.79 Å². The second kappa shape index (κ2) is 8.44. The Morgan fingerprint density at radius 1 is 1.21 bits per heavy atom. The number of carbonyl (C=O) groups excluding carboxylic acids is 1. The summed E-state index contributed by atoms with van der Waals surface area (Å²) in [6.45, 7) is 6.37. The van der Waals surface area contributed by atoms with Crippen LogP contribution < -0.4 is 10.2 Å². The summed E-state index contributed by atoms with van der Waals surface area (Å²) >= 11 is 6.23. The van der Waals surface area contributed by atoms with Gasteiger partial charge in [0, 0.05) is 31.0 Å². The fourth-order valence-electron chi connectivity index (χ4n) is 2.95. The molecule has 0 fully saturated rings. The monoisotopic (exact) mass is 397 g/mol. The van der Waals surface area contributed by atoms with Crippen LogP contribution in [-0.2, 0) is 0 Å². The molecule has 1 unspecified atom stereocenters. The summed E-state index contributed by atoms with van der Waals surface area (Å²) in [7, 11) is 2.00. The predicted octanol–water partition coefficient (Wildman–Crippen LogP) is 3.79. The van der Waals surface area contributed by atoms with Gasteiger partial charge in [0.2, 0.25) is 0 Å². The number of rotatable bonds is 6. The number of aryl methyl sites for hydroxylation is 2. The van der Waals surface area contributed by atoms with Crippen molar-refractivity contribution in [2.24, 2.45) is 0 Å². The summed E-state index contributed by atoms with van der Waals surface area (Å²) in [5.74, 6) is 0.260. The lowest BCUT2D eigenvalue weighted by atomic mass is 10.2. The summed E-state index contributed by atoms with van der Waals surface area (Å²) in [4.78, 5) is 19.2. The van der Waals surface area contributed by atoms with Crippen LogP contribution >= 0.6 is 11.6 Å². The number of amides is 1. The molecule has 2 heterocycles. The highest BCUT2D eigenvalue weighted by molar-refractivity contribution is 6.33. The van der Waals surface area contributed by atoms with Crippen molar-refractivity contribution in [3.8, 4) is 5.82 Å². The number of hydrogen-bond acceptors (Lipinski definition) is 4. The molecule has 0 aliphatic heterocycles. The second-order valence-corrected chi connectivity index (χ2v) is 7.25. The first-order chi connectivity index (χ1) is 13.4. The van der Waals surface area contributed by atoms with E-state index >= 15 is 0 Å². The Balaban J connectivity index is 1.72. The zero-order valence-electron chi connectivity index (χ0n) is 16.5. The van der Waals surface area contributed by atoms with Gasteiger partial charge >= 0.3 is 0 Å². The van der Waals surface area contributed by atoms with Crippen molar-refractivity contribution in [3.05, 3.63) is 70.6 Å². The lowest BCUT2D eigenvalue weighted by Crippen LogP contribution is -2.40. The van der Waals surface area contributed by atoms with Crippen LogP contribution in [0.5, 0.6) is 0 Å². The van der Waals surface area contributed by atoms with Gasteiger partial charge in [-0.2, -0.15) is 5.10 Å². The van der Waals surface area contributed by atoms with Crippen molar-refractivity contribution in [3.63, 3.8) is 0 Å². The first-order valence-corrected chi connectivity index (χ1v) is 9.51. The quantitative estimate of drug-likeness (QED) is 0.687. The molecule has 2 aromatic heterocycles. The van der Waals surface area contributed by atoms with E-state index in [0.717, 1.165) is 17.1 Å². The number of halogens is 1. The number of aromatic nitrogens is 3. The van der Waals surface area contributed by atoms with Gasteiger partial charge in [0.05, 0.1) is 10.7 Å². The number of carbonyl (C=O) groups is 1. The molecule has 7 heteroatoms. The Labute approximate surface area is 170 Å². The molecule has 146 valence electrons. The zero-order chi connectivity index (χ0) is 20.3. The van der Waals surface area contributed by atoms with Crippen molar-refractivity contribution >= 4 is 23.2 Å². The summed E-state index contributed by atoms with van der Waals surface area (Å²) < 4.78 is 1.70. The topological polar surface area (TPSA) is 63.1 Å². The Morgan fingerprint density at radius 3 is 2.57 bits per heavy atom. The van der Waals surface area contributed by atoms with E-state index in [0.29, 0.717) is 17.4 Å². The molecule has 0 saturated carbocycles. The third kappa shape index (κ3) is 4.34. The van der Waals surface area contributed by atoms with Gasteiger partial charge in [0.1, 0.15) is 5.69 Å². The molecule has 1 N–H and O–H groups in total. The lowest BCUT2D eigenvalue weighted by Gasteiger charge is -2.27. The fraction of sp³-hybridized carbons (Fsp3) is 0.286. The smallest absolute Gasteiger partial charge is 0.271 e. The largest absolute Gasteiger partial charge is 0.370 e. The van der Waals surface area contributed by atoms with Gasteiger partial charge in [-0.05, 0) is 51.1 Å². The predicted molar refractivity (Wildman–Crippen MR) is 112 cm³/mol. The van der Waals surface area contributed by atoms with Crippen molar-refractivity contribution in [2.45, 2.75) is 26.8 Å². The highest BCUT2D eigenvalue weighted by atomic mass is 35.5. The normalized spacial score (nSPS) is 11.9. The Morgan fingerprint density at radius 2 is 1.93 bits per heavy atom. The number of benzene rings is 1. The van der Waals surface area contributed by atoms with Crippen molar-refractivity contribution in [2.75, 3.05) is 18.5 Å². The molecule has 6 nitrogen and oxygen atoms in total. The van der Waals surface area contributed by atoms with Crippen LogP contribution in [0.3, 0.4) is 0 Å².